The van der Waals surface area contributed by atoms with Gasteiger partial charge in [-0.05, 0) is 37.5 Å². The van der Waals surface area contributed by atoms with Crippen LogP contribution in [0, 0.1) is 0 Å². The number of carbonyl (C=O) groups is 1. The van der Waals surface area contributed by atoms with E-state index in [1.165, 1.54) is 37.0 Å². The average Bonchev–Trinajstić information content (AvgIpc) is 2.96. The average molecular weight is 256 g/mol. The minimum atomic E-state index is 0.200. The van der Waals surface area contributed by atoms with Crippen molar-refractivity contribution in [2.45, 2.75) is 44.9 Å². The van der Waals surface area contributed by atoms with Gasteiger partial charge >= 0.3 is 0 Å². The number of rotatable bonds is 3. The van der Waals surface area contributed by atoms with E-state index in [0.717, 1.165) is 11.1 Å². The molecule has 0 bridgehead atoms. The lowest BCUT2D eigenvalue weighted by Crippen LogP contribution is -2.02. The molecule has 0 N–H and O–H groups in total. The second-order valence-electron chi connectivity index (χ2n) is 5.71. The molecule has 1 fully saturated rings. The minimum Gasteiger partial charge on any atom is -0.331 e. The highest BCUT2D eigenvalue weighted by molar-refractivity contribution is 5.81. The van der Waals surface area contributed by atoms with E-state index in [9.17, 15) is 4.79 Å². The fourth-order valence-electron chi connectivity index (χ4n) is 3.21. The Balaban J connectivity index is 2.01. The van der Waals surface area contributed by atoms with Crippen molar-refractivity contribution in [2.75, 3.05) is 0 Å². The lowest BCUT2D eigenvalue weighted by molar-refractivity contribution is -0.116. The number of aromatic nitrogens is 2. The Morgan fingerprint density at radius 2 is 2.11 bits per heavy atom. The first-order valence-electron chi connectivity index (χ1n) is 7.10. The fraction of sp³-hybridized carbons (Fsp3) is 0.500. The van der Waals surface area contributed by atoms with E-state index in [4.69, 9.17) is 4.98 Å². The number of Topliss-reactive ketones (excluding diaryl/α,β-unsaturated/α-hetero) is 1. The number of ketones is 1. The molecule has 0 radical (unpaired) electrons. The summed E-state index contributed by atoms with van der Waals surface area (Å²) < 4.78 is 2.23. The molecule has 0 atom stereocenters. The van der Waals surface area contributed by atoms with E-state index in [-0.39, 0.29) is 5.78 Å². The summed E-state index contributed by atoms with van der Waals surface area (Å²) in [7, 11) is 2.10. The summed E-state index contributed by atoms with van der Waals surface area (Å²) in [6.07, 6.45) is 5.67. The predicted molar refractivity (Wildman–Crippen MR) is 76.3 cm³/mol. The van der Waals surface area contributed by atoms with E-state index in [2.05, 4.69) is 23.7 Å². The van der Waals surface area contributed by atoms with Crippen molar-refractivity contribution in [1.29, 1.82) is 0 Å². The summed E-state index contributed by atoms with van der Waals surface area (Å²) >= 11 is 0. The number of aryl methyl sites for hydroxylation is 1. The van der Waals surface area contributed by atoms with Crippen LogP contribution in [-0.4, -0.2) is 15.3 Å². The van der Waals surface area contributed by atoms with Crippen molar-refractivity contribution in [3.63, 3.8) is 0 Å². The number of hydrogen-bond acceptors (Lipinski definition) is 2. The Labute approximate surface area is 113 Å². The highest BCUT2D eigenvalue weighted by Crippen LogP contribution is 2.34. The molecule has 1 aliphatic rings. The van der Waals surface area contributed by atoms with Crippen LogP contribution < -0.4 is 0 Å². The molecule has 0 unspecified atom stereocenters. The van der Waals surface area contributed by atoms with Crippen molar-refractivity contribution < 1.29 is 4.79 Å². The van der Waals surface area contributed by atoms with E-state index in [0.29, 0.717) is 12.3 Å². The summed E-state index contributed by atoms with van der Waals surface area (Å²) in [5.74, 6) is 2.03. The molecule has 1 heterocycles. The van der Waals surface area contributed by atoms with Crippen LogP contribution in [0.4, 0.5) is 0 Å². The molecule has 3 rings (SSSR count). The predicted octanol–water partition coefficient (Wildman–Crippen LogP) is 3.36. The molecule has 1 aliphatic carbocycles. The summed E-state index contributed by atoms with van der Waals surface area (Å²) in [5, 5.41) is 0. The molecule has 3 heteroatoms. The van der Waals surface area contributed by atoms with Crippen LogP contribution in [-0.2, 0) is 18.3 Å². The van der Waals surface area contributed by atoms with Gasteiger partial charge in [0.25, 0.3) is 0 Å². The maximum absolute atomic E-state index is 11.2. The molecular formula is C16H20N2O. The fourth-order valence-corrected chi connectivity index (χ4v) is 3.21. The number of carbonyl (C=O) groups excluding carboxylic acids is 1. The Morgan fingerprint density at radius 1 is 1.37 bits per heavy atom. The van der Waals surface area contributed by atoms with Gasteiger partial charge < -0.3 is 4.57 Å². The lowest BCUT2D eigenvalue weighted by atomic mass is 10.1. The number of imidazole rings is 1. The smallest absolute Gasteiger partial charge is 0.134 e. The van der Waals surface area contributed by atoms with Gasteiger partial charge in [0.05, 0.1) is 11.0 Å². The SMILES string of the molecule is CC(=O)Cc1ccc2c(c1)nc(C1CCCC1)n2C. The molecule has 1 saturated carbocycles. The molecule has 3 nitrogen and oxygen atoms in total. The maximum atomic E-state index is 11.2. The Hall–Kier alpha value is -1.64. The van der Waals surface area contributed by atoms with Crippen molar-refractivity contribution in [1.82, 2.24) is 9.55 Å². The van der Waals surface area contributed by atoms with E-state index in [1.807, 2.05) is 6.07 Å². The third-order valence-electron chi connectivity index (χ3n) is 4.15. The summed E-state index contributed by atoms with van der Waals surface area (Å²) in [6.45, 7) is 1.63. The van der Waals surface area contributed by atoms with E-state index >= 15 is 0 Å². The normalized spacial score (nSPS) is 16.3. The molecule has 0 aliphatic heterocycles. The molecule has 1 aromatic carbocycles. The summed E-state index contributed by atoms with van der Waals surface area (Å²) in [5.41, 5.74) is 3.27. The molecule has 0 saturated heterocycles. The maximum Gasteiger partial charge on any atom is 0.134 e. The third-order valence-corrected chi connectivity index (χ3v) is 4.15. The van der Waals surface area contributed by atoms with Crippen LogP contribution in [0.1, 0.15) is 49.9 Å². The molecule has 1 aromatic heterocycles. The first kappa shape index (κ1) is 12.4. The lowest BCUT2D eigenvalue weighted by Gasteiger charge is -2.08. The molecule has 0 amide bonds. The topological polar surface area (TPSA) is 34.9 Å². The molecule has 100 valence electrons. The van der Waals surface area contributed by atoms with Crippen LogP contribution in [0.2, 0.25) is 0 Å². The van der Waals surface area contributed by atoms with Crippen molar-refractivity contribution in [3.05, 3.63) is 29.6 Å². The second kappa shape index (κ2) is 4.80. The Morgan fingerprint density at radius 3 is 2.79 bits per heavy atom. The van der Waals surface area contributed by atoms with Crippen LogP contribution >= 0.6 is 0 Å². The zero-order valence-electron chi connectivity index (χ0n) is 11.6. The van der Waals surface area contributed by atoms with Gasteiger partial charge in [-0.1, -0.05) is 18.9 Å². The van der Waals surface area contributed by atoms with Gasteiger partial charge in [0.15, 0.2) is 0 Å². The van der Waals surface area contributed by atoms with Crippen LogP contribution in [0.15, 0.2) is 18.2 Å². The van der Waals surface area contributed by atoms with Crippen LogP contribution in [0.5, 0.6) is 0 Å². The van der Waals surface area contributed by atoms with E-state index in [1.54, 1.807) is 6.92 Å². The number of benzene rings is 1. The number of fused-ring (bicyclic) bond motifs is 1. The molecular weight excluding hydrogens is 236 g/mol. The Kier molecular flexibility index (Phi) is 3.13. The van der Waals surface area contributed by atoms with Crippen molar-refractivity contribution in [3.8, 4) is 0 Å². The summed E-state index contributed by atoms with van der Waals surface area (Å²) in [4.78, 5) is 16.0. The molecule has 2 aromatic rings. The quantitative estimate of drug-likeness (QED) is 0.844. The monoisotopic (exact) mass is 256 g/mol. The highest BCUT2D eigenvalue weighted by Gasteiger charge is 2.22. The van der Waals surface area contributed by atoms with Gasteiger partial charge in [0.2, 0.25) is 0 Å². The second-order valence-corrected chi connectivity index (χ2v) is 5.71. The van der Waals surface area contributed by atoms with Crippen molar-refractivity contribution in [2.24, 2.45) is 7.05 Å². The van der Waals surface area contributed by atoms with Gasteiger partial charge in [-0.2, -0.15) is 0 Å². The van der Waals surface area contributed by atoms with Crippen LogP contribution in [0.25, 0.3) is 11.0 Å². The standard InChI is InChI=1S/C16H20N2O/c1-11(19)9-12-7-8-15-14(10-12)17-16(18(15)2)13-5-3-4-6-13/h7-8,10,13H,3-6,9H2,1-2H3. The van der Waals surface area contributed by atoms with Gasteiger partial charge in [-0.3, -0.25) is 4.79 Å². The zero-order valence-corrected chi connectivity index (χ0v) is 11.6. The largest absolute Gasteiger partial charge is 0.331 e. The van der Waals surface area contributed by atoms with Gasteiger partial charge in [0, 0.05) is 19.4 Å². The molecule has 19 heavy (non-hydrogen) atoms. The highest BCUT2D eigenvalue weighted by atomic mass is 16.1. The van der Waals surface area contributed by atoms with Crippen molar-refractivity contribution >= 4 is 16.8 Å². The number of hydrogen-bond donors (Lipinski definition) is 0. The van der Waals surface area contributed by atoms with Gasteiger partial charge in [-0.25, -0.2) is 4.98 Å². The molecule has 0 spiro atoms. The zero-order chi connectivity index (χ0) is 13.4. The first-order chi connectivity index (χ1) is 9.15. The van der Waals surface area contributed by atoms with Crippen LogP contribution in [0.3, 0.4) is 0 Å². The first-order valence-corrected chi connectivity index (χ1v) is 7.10. The third kappa shape index (κ3) is 2.29. The van der Waals surface area contributed by atoms with E-state index < -0.39 is 0 Å². The van der Waals surface area contributed by atoms with Gasteiger partial charge in [-0.15, -0.1) is 0 Å². The minimum absolute atomic E-state index is 0.200. The number of nitrogens with zero attached hydrogens (tertiary/aromatic N) is 2. The summed E-state index contributed by atoms with van der Waals surface area (Å²) in [6, 6.07) is 6.21. The Bertz CT molecular complexity index is 621. The van der Waals surface area contributed by atoms with Gasteiger partial charge in [0.1, 0.15) is 11.6 Å².